The molecule has 0 radical (unpaired) electrons. The van der Waals surface area contributed by atoms with Gasteiger partial charge in [0.1, 0.15) is 23.7 Å². The van der Waals surface area contributed by atoms with Crippen LogP contribution in [0, 0.1) is 5.41 Å². The van der Waals surface area contributed by atoms with Crippen LogP contribution >= 0.6 is 0 Å². The molecule has 2 aliphatic rings. The van der Waals surface area contributed by atoms with E-state index in [9.17, 15) is 19.5 Å². The van der Waals surface area contributed by atoms with Crippen LogP contribution in [-0.2, 0) is 27.4 Å². The Labute approximate surface area is 185 Å². The van der Waals surface area contributed by atoms with Crippen molar-refractivity contribution in [3.05, 3.63) is 53.2 Å². The van der Waals surface area contributed by atoms with Crippen molar-refractivity contribution >= 4 is 29.1 Å². The van der Waals surface area contributed by atoms with Crippen LogP contribution in [0.4, 0.5) is 5.69 Å². The number of amides is 3. The maximum Gasteiger partial charge on any atom is 0.247 e. The summed E-state index contributed by atoms with van der Waals surface area (Å²) in [5.74, 6) is -1.55. The predicted molar refractivity (Wildman–Crippen MR) is 116 cm³/mol. The summed E-state index contributed by atoms with van der Waals surface area (Å²) in [4.78, 5) is 42.8. The van der Waals surface area contributed by atoms with Gasteiger partial charge in [-0.25, -0.2) is 4.98 Å². The number of aliphatic hydroxyl groups is 1. The van der Waals surface area contributed by atoms with Crippen LogP contribution in [0.15, 0.2) is 35.0 Å². The van der Waals surface area contributed by atoms with Gasteiger partial charge in [-0.05, 0) is 35.1 Å². The lowest BCUT2D eigenvalue weighted by Crippen LogP contribution is -2.53. The quantitative estimate of drug-likeness (QED) is 0.565. The van der Waals surface area contributed by atoms with Crippen LogP contribution in [0.25, 0.3) is 5.70 Å². The van der Waals surface area contributed by atoms with E-state index in [1.807, 2.05) is 39.0 Å². The summed E-state index contributed by atoms with van der Waals surface area (Å²) in [7, 11) is 0. The average Bonchev–Trinajstić information content (AvgIpc) is 3.33. The number of oxazole rings is 1. The molecule has 0 fully saturated rings. The van der Waals surface area contributed by atoms with Crippen molar-refractivity contribution in [1.29, 1.82) is 0 Å². The van der Waals surface area contributed by atoms with Crippen molar-refractivity contribution in [2.75, 3.05) is 5.32 Å². The lowest BCUT2D eigenvalue weighted by Gasteiger charge is -2.30. The van der Waals surface area contributed by atoms with Gasteiger partial charge in [0.15, 0.2) is 0 Å². The van der Waals surface area contributed by atoms with Crippen molar-refractivity contribution in [2.24, 2.45) is 5.41 Å². The van der Waals surface area contributed by atoms with Crippen LogP contribution in [0.1, 0.15) is 55.8 Å². The van der Waals surface area contributed by atoms with E-state index in [2.05, 4.69) is 20.9 Å². The van der Waals surface area contributed by atoms with E-state index >= 15 is 0 Å². The van der Waals surface area contributed by atoms with Crippen LogP contribution in [0.2, 0.25) is 0 Å². The van der Waals surface area contributed by atoms with Gasteiger partial charge >= 0.3 is 0 Å². The molecule has 32 heavy (non-hydrogen) atoms. The minimum Gasteiger partial charge on any atom is -0.443 e. The Morgan fingerprint density at radius 2 is 1.91 bits per heavy atom. The van der Waals surface area contributed by atoms with Crippen molar-refractivity contribution in [2.45, 2.75) is 52.2 Å². The Morgan fingerprint density at radius 1 is 1.12 bits per heavy atom. The molecule has 2 aliphatic heterocycles. The Balaban J connectivity index is 1.83. The molecular weight excluding hydrogens is 412 g/mol. The van der Waals surface area contributed by atoms with E-state index in [4.69, 9.17) is 4.42 Å². The van der Waals surface area contributed by atoms with Crippen molar-refractivity contribution < 1.29 is 23.9 Å². The summed E-state index contributed by atoms with van der Waals surface area (Å²) < 4.78 is 5.46. The van der Waals surface area contributed by atoms with Gasteiger partial charge in [0.05, 0.1) is 12.5 Å². The van der Waals surface area contributed by atoms with Gasteiger partial charge < -0.3 is 25.5 Å². The van der Waals surface area contributed by atoms with Crippen molar-refractivity contribution in [3.63, 3.8) is 0 Å². The molecular formula is C23H26N4O5. The fourth-order valence-electron chi connectivity index (χ4n) is 3.86. The van der Waals surface area contributed by atoms with E-state index in [0.717, 1.165) is 11.1 Å². The van der Waals surface area contributed by atoms with Gasteiger partial charge in [0.25, 0.3) is 0 Å². The lowest BCUT2D eigenvalue weighted by atomic mass is 9.86. The first-order valence-electron chi connectivity index (χ1n) is 10.5. The fourth-order valence-corrected chi connectivity index (χ4v) is 3.86. The van der Waals surface area contributed by atoms with E-state index < -0.39 is 23.3 Å². The average molecular weight is 438 g/mol. The van der Waals surface area contributed by atoms with Gasteiger partial charge in [0.2, 0.25) is 23.6 Å². The topological polar surface area (TPSA) is 134 Å². The van der Waals surface area contributed by atoms with E-state index in [-0.39, 0.29) is 42.1 Å². The minimum absolute atomic E-state index is 0.0636. The number of aryl methyl sites for hydroxylation is 1. The minimum atomic E-state index is -0.831. The highest BCUT2D eigenvalue weighted by Crippen LogP contribution is 2.36. The molecule has 2 atom stereocenters. The number of anilines is 1. The number of fused-ring (bicyclic) bond motifs is 1. The third-order valence-corrected chi connectivity index (χ3v) is 5.60. The van der Waals surface area contributed by atoms with Crippen molar-refractivity contribution in [3.8, 4) is 0 Å². The maximum atomic E-state index is 13.3. The normalized spacial score (nSPS) is 21.5. The first kappa shape index (κ1) is 21.8. The summed E-state index contributed by atoms with van der Waals surface area (Å²) in [6, 6.07) is 4.77. The fraction of sp³-hybridized carbons (Fsp3) is 0.391. The molecule has 0 spiro atoms. The van der Waals surface area contributed by atoms with Gasteiger partial charge in [0, 0.05) is 12.1 Å². The van der Waals surface area contributed by atoms with E-state index in [0.29, 0.717) is 12.1 Å². The van der Waals surface area contributed by atoms with Crippen LogP contribution in [-0.4, -0.2) is 33.9 Å². The van der Waals surface area contributed by atoms with E-state index in [1.165, 1.54) is 6.26 Å². The highest BCUT2D eigenvalue weighted by molar-refractivity contribution is 6.05. The molecule has 0 saturated carbocycles. The first-order valence-corrected chi connectivity index (χ1v) is 10.5. The van der Waals surface area contributed by atoms with Gasteiger partial charge in [-0.15, -0.1) is 0 Å². The molecule has 0 aliphatic carbocycles. The second-order valence-electron chi connectivity index (χ2n) is 9.13. The summed E-state index contributed by atoms with van der Waals surface area (Å²) in [5.41, 5.74) is 2.25. The first-order chi connectivity index (χ1) is 15.2. The number of nitrogens with one attached hydrogen (secondary N) is 3. The molecule has 0 saturated heterocycles. The number of carbonyl (C=O) groups is 3. The van der Waals surface area contributed by atoms with Crippen molar-refractivity contribution in [1.82, 2.24) is 15.6 Å². The zero-order chi connectivity index (χ0) is 23.0. The van der Waals surface area contributed by atoms with E-state index in [1.54, 1.807) is 6.08 Å². The number of rotatable bonds is 2. The van der Waals surface area contributed by atoms with Gasteiger partial charge in [-0.1, -0.05) is 32.9 Å². The number of aromatic nitrogens is 1. The monoisotopic (exact) mass is 438 g/mol. The Bertz CT molecular complexity index is 1110. The molecule has 3 heterocycles. The lowest BCUT2D eigenvalue weighted by molar-refractivity contribution is -0.130. The van der Waals surface area contributed by atoms with Crippen LogP contribution in [0.3, 0.4) is 0 Å². The zero-order valence-corrected chi connectivity index (χ0v) is 18.2. The molecule has 168 valence electrons. The molecule has 1 aromatic carbocycles. The number of hydrogen-bond donors (Lipinski definition) is 4. The second kappa shape index (κ2) is 8.23. The molecule has 2 aromatic rings. The standard InChI is InChI=1S/C23H26N4O5/c1-23(2,3)19-21(31)26-17(22-24-13(10-28)11-32-22)9-15-14-8-12(5-7-18(29)27-19)4-6-16(14)25-20(15)30/h4,6,8-9,11,15,19,28H,5,7,10H2,1-3H3,(H,25,30)(H,26,31)(H,27,29). The number of benzene rings is 1. The molecule has 9 nitrogen and oxygen atoms in total. The number of aliphatic hydroxyl groups excluding tert-OH is 1. The Morgan fingerprint density at radius 3 is 2.59 bits per heavy atom. The Kier molecular flexibility index (Phi) is 5.60. The van der Waals surface area contributed by atoms with Crippen LogP contribution in [0.5, 0.6) is 0 Å². The van der Waals surface area contributed by atoms with Gasteiger partial charge in [-0.2, -0.15) is 0 Å². The second-order valence-corrected chi connectivity index (χ2v) is 9.13. The van der Waals surface area contributed by atoms with Gasteiger partial charge in [-0.3, -0.25) is 14.4 Å². The Hall–Kier alpha value is -3.46. The zero-order valence-electron chi connectivity index (χ0n) is 18.2. The largest absolute Gasteiger partial charge is 0.443 e. The molecule has 1 aromatic heterocycles. The number of hydrogen-bond acceptors (Lipinski definition) is 6. The molecule has 9 heteroatoms. The summed E-state index contributed by atoms with van der Waals surface area (Å²) in [6.07, 6.45) is 3.57. The molecule has 4 rings (SSSR count). The predicted octanol–water partition coefficient (Wildman–Crippen LogP) is 1.84. The molecule has 3 amide bonds. The molecule has 4 N–H and O–H groups in total. The summed E-state index contributed by atoms with van der Waals surface area (Å²) >= 11 is 0. The summed E-state index contributed by atoms with van der Waals surface area (Å²) in [5, 5.41) is 17.8. The molecule has 2 bridgehead atoms. The highest BCUT2D eigenvalue weighted by atomic mass is 16.3. The number of nitrogens with zero attached hydrogens (tertiary/aromatic N) is 1. The molecule has 2 unspecified atom stereocenters. The highest BCUT2D eigenvalue weighted by Gasteiger charge is 2.35. The SMILES string of the molecule is CC(C)(C)C1NC(=O)CCc2ccc3c(c2)C(C=C(c2nc(CO)co2)NC1=O)C(=O)N3. The number of carbonyl (C=O) groups excluding carboxylic acids is 3. The maximum absolute atomic E-state index is 13.3. The third kappa shape index (κ3) is 4.29. The van der Waals surface area contributed by atoms with Crippen LogP contribution < -0.4 is 16.0 Å². The summed E-state index contributed by atoms with van der Waals surface area (Å²) in [6.45, 7) is 5.23. The smallest absolute Gasteiger partial charge is 0.247 e. The third-order valence-electron chi connectivity index (χ3n) is 5.60.